The van der Waals surface area contributed by atoms with Gasteiger partial charge < -0.3 is 0 Å². The molecule has 1 aliphatic carbocycles. The van der Waals surface area contributed by atoms with Crippen LogP contribution in [0.25, 0.3) is 6.08 Å². The summed E-state index contributed by atoms with van der Waals surface area (Å²) in [5, 5.41) is 0. The average Bonchev–Trinajstić information content (AvgIpc) is 2.80. The maximum atomic E-state index is 5.29. The van der Waals surface area contributed by atoms with Crippen LogP contribution in [0.15, 0.2) is 54.1 Å². The quantitative estimate of drug-likeness (QED) is 0.628. The van der Waals surface area contributed by atoms with E-state index >= 15 is 0 Å². The zero-order chi connectivity index (χ0) is 10.5. The van der Waals surface area contributed by atoms with Crippen LogP contribution in [0.3, 0.4) is 0 Å². The van der Waals surface area contributed by atoms with Gasteiger partial charge in [-0.15, -0.1) is 6.42 Å². The topological polar surface area (TPSA) is 0 Å². The predicted molar refractivity (Wildman–Crippen MR) is 65.3 cm³/mol. The van der Waals surface area contributed by atoms with Gasteiger partial charge in [-0.2, -0.15) is 0 Å². The summed E-state index contributed by atoms with van der Waals surface area (Å²) >= 11 is 0. The monoisotopic (exact) mass is 192 g/mol. The van der Waals surface area contributed by atoms with Crippen LogP contribution in [-0.2, 0) is 0 Å². The normalized spacial score (nSPS) is 14.2. The minimum Gasteiger partial charge on any atom is -0.115 e. The first-order valence-corrected chi connectivity index (χ1v) is 4.99. The van der Waals surface area contributed by atoms with Gasteiger partial charge >= 0.3 is 0 Å². The minimum absolute atomic E-state index is 0.925. The molecule has 0 fully saturated rings. The van der Waals surface area contributed by atoms with Crippen molar-refractivity contribution in [3.8, 4) is 12.3 Å². The summed E-state index contributed by atoms with van der Waals surface area (Å²) in [6, 6.07) is 7.99. The number of benzene rings is 1. The Morgan fingerprint density at radius 3 is 2.53 bits per heavy atom. The van der Waals surface area contributed by atoms with Crippen molar-refractivity contribution in [3.63, 3.8) is 0 Å². The Balaban J connectivity index is 2.08. The summed E-state index contributed by atoms with van der Waals surface area (Å²) in [7, 11) is 0. The summed E-state index contributed by atoms with van der Waals surface area (Å²) in [5.74, 6) is 2.61. The van der Waals surface area contributed by atoms with E-state index in [2.05, 4.69) is 36.3 Å². The first kappa shape index (κ1) is 9.55. The maximum Gasteiger partial charge on any atom is 0.0243 e. The molecule has 72 valence electrons. The van der Waals surface area contributed by atoms with Crippen molar-refractivity contribution in [2.45, 2.75) is 6.42 Å². The lowest BCUT2D eigenvalue weighted by Gasteiger charge is -1.95. The molecule has 0 atom stereocenters. The molecule has 0 N–H and O–H groups in total. The highest BCUT2D eigenvalue weighted by Crippen LogP contribution is 2.14. The van der Waals surface area contributed by atoms with E-state index in [0.29, 0.717) is 0 Å². The number of rotatable bonds is 2. The van der Waals surface area contributed by atoms with Gasteiger partial charge in [0.15, 0.2) is 0 Å². The fourth-order valence-corrected chi connectivity index (χ4v) is 1.48. The highest BCUT2D eigenvalue weighted by atomic mass is 14.0. The Bertz CT molecular complexity index is 462. The lowest BCUT2D eigenvalue weighted by molar-refractivity contribution is 1.34. The van der Waals surface area contributed by atoms with Gasteiger partial charge in [0.1, 0.15) is 0 Å². The maximum absolute atomic E-state index is 5.29. The molecule has 0 unspecified atom stereocenters. The smallest absolute Gasteiger partial charge is 0.0243 e. The molecule has 0 bridgehead atoms. The van der Waals surface area contributed by atoms with Gasteiger partial charge in [-0.05, 0) is 29.7 Å². The van der Waals surface area contributed by atoms with E-state index in [4.69, 9.17) is 6.42 Å². The SMILES string of the molecule is C#Cc1ccc(/C=C/C2=CC=CC2)cc1. The van der Waals surface area contributed by atoms with Crippen LogP contribution < -0.4 is 0 Å². The summed E-state index contributed by atoms with van der Waals surface area (Å²) < 4.78 is 0. The first-order valence-electron chi connectivity index (χ1n) is 4.99. The fourth-order valence-electron chi connectivity index (χ4n) is 1.48. The molecular formula is C15H12. The Morgan fingerprint density at radius 2 is 1.93 bits per heavy atom. The van der Waals surface area contributed by atoms with Crippen LogP contribution >= 0.6 is 0 Å². The number of hydrogen-bond acceptors (Lipinski definition) is 0. The summed E-state index contributed by atoms with van der Waals surface area (Å²) in [4.78, 5) is 0. The third-order valence-corrected chi connectivity index (χ3v) is 2.37. The van der Waals surface area contributed by atoms with Crippen LogP contribution in [-0.4, -0.2) is 0 Å². The summed E-state index contributed by atoms with van der Waals surface area (Å²) in [6.45, 7) is 0. The van der Waals surface area contributed by atoms with E-state index in [1.165, 1.54) is 11.1 Å². The van der Waals surface area contributed by atoms with Crippen LogP contribution in [0, 0.1) is 12.3 Å². The molecule has 0 saturated heterocycles. The Morgan fingerprint density at radius 1 is 1.13 bits per heavy atom. The number of terminal acetylenes is 1. The van der Waals surface area contributed by atoms with Crippen molar-refractivity contribution in [2.24, 2.45) is 0 Å². The molecule has 0 heterocycles. The predicted octanol–water partition coefficient (Wildman–Crippen LogP) is 3.57. The molecule has 0 aromatic heterocycles. The Labute approximate surface area is 90.6 Å². The van der Waals surface area contributed by atoms with Crippen LogP contribution in [0.5, 0.6) is 0 Å². The first-order chi connectivity index (χ1) is 7.38. The fraction of sp³-hybridized carbons (Fsp3) is 0.0667. The number of hydrogen-bond donors (Lipinski definition) is 0. The lowest BCUT2D eigenvalue weighted by atomic mass is 10.1. The van der Waals surface area contributed by atoms with Crippen LogP contribution in [0.2, 0.25) is 0 Å². The zero-order valence-corrected chi connectivity index (χ0v) is 8.48. The third kappa shape index (κ3) is 2.48. The van der Waals surface area contributed by atoms with Crippen LogP contribution in [0.4, 0.5) is 0 Å². The standard InChI is InChI=1S/C15H12/c1-2-13-7-9-15(10-8-13)12-11-14-5-3-4-6-14/h1,3-5,7-12H,6H2/b12-11+. The third-order valence-electron chi connectivity index (χ3n) is 2.37. The van der Waals surface area contributed by atoms with Crippen molar-refractivity contribution in [2.75, 3.05) is 0 Å². The second kappa shape index (κ2) is 4.48. The largest absolute Gasteiger partial charge is 0.115 e. The van der Waals surface area contributed by atoms with Crippen molar-refractivity contribution in [3.05, 3.63) is 65.3 Å². The molecule has 1 aromatic rings. The average molecular weight is 192 g/mol. The van der Waals surface area contributed by atoms with Gasteiger partial charge in [-0.25, -0.2) is 0 Å². The molecule has 0 saturated carbocycles. The second-order valence-electron chi connectivity index (χ2n) is 3.47. The molecule has 2 rings (SSSR count). The van der Waals surface area contributed by atoms with Crippen molar-refractivity contribution in [1.82, 2.24) is 0 Å². The highest BCUT2D eigenvalue weighted by Gasteiger charge is 1.93. The summed E-state index contributed by atoms with van der Waals surface area (Å²) in [6.07, 6.45) is 17.0. The number of allylic oxidation sites excluding steroid dienone is 5. The Hall–Kier alpha value is -2.00. The van der Waals surface area contributed by atoms with Gasteiger partial charge in [0, 0.05) is 5.56 Å². The van der Waals surface area contributed by atoms with Crippen molar-refractivity contribution >= 4 is 6.08 Å². The van der Waals surface area contributed by atoms with E-state index in [9.17, 15) is 0 Å². The van der Waals surface area contributed by atoms with Gasteiger partial charge in [0.2, 0.25) is 0 Å². The molecule has 0 heteroatoms. The molecule has 1 aromatic carbocycles. The molecule has 0 amide bonds. The Kier molecular flexibility index (Phi) is 2.85. The highest BCUT2D eigenvalue weighted by molar-refractivity contribution is 5.55. The van der Waals surface area contributed by atoms with Crippen molar-refractivity contribution < 1.29 is 0 Å². The van der Waals surface area contributed by atoms with Gasteiger partial charge in [-0.1, -0.05) is 48.4 Å². The van der Waals surface area contributed by atoms with Gasteiger partial charge in [0.25, 0.3) is 0 Å². The second-order valence-corrected chi connectivity index (χ2v) is 3.47. The van der Waals surface area contributed by atoms with E-state index in [-0.39, 0.29) is 0 Å². The molecular weight excluding hydrogens is 180 g/mol. The van der Waals surface area contributed by atoms with E-state index < -0.39 is 0 Å². The molecule has 0 spiro atoms. The van der Waals surface area contributed by atoms with E-state index in [1.54, 1.807) is 0 Å². The van der Waals surface area contributed by atoms with E-state index in [0.717, 1.165) is 12.0 Å². The molecule has 0 nitrogen and oxygen atoms in total. The van der Waals surface area contributed by atoms with Crippen LogP contribution in [0.1, 0.15) is 17.5 Å². The molecule has 1 aliphatic rings. The van der Waals surface area contributed by atoms with Gasteiger partial charge in [0.05, 0.1) is 0 Å². The lowest BCUT2D eigenvalue weighted by Crippen LogP contribution is -1.75. The zero-order valence-electron chi connectivity index (χ0n) is 8.48. The van der Waals surface area contributed by atoms with E-state index in [1.807, 2.05) is 24.3 Å². The summed E-state index contributed by atoms with van der Waals surface area (Å²) in [5.41, 5.74) is 3.45. The minimum atomic E-state index is 0.925. The van der Waals surface area contributed by atoms with Crippen molar-refractivity contribution in [1.29, 1.82) is 0 Å². The molecule has 15 heavy (non-hydrogen) atoms. The molecule has 0 aliphatic heterocycles. The van der Waals surface area contributed by atoms with Gasteiger partial charge in [-0.3, -0.25) is 0 Å². The molecule has 0 radical (unpaired) electrons.